The number of pyridine rings is 1. The Bertz CT molecular complexity index is 514. The zero-order chi connectivity index (χ0) is 13.0. The van der Waals surface area contributed by atoms with Crippen LogP contribution in [0, 0.1) is 6.92 Å². The monoisotopic (exact) mass is 261 g/mol. The number of aryl methyl sites for hydroxylation is 1. The van der Waals surface area contributed by atoms with Gasteiger partial charge in [-0.25, -0.2) is 0 Å². The number of halogens is 1. The van der Waals surface area contributed by atoms with Crippen molar-refractivity contribution in [3.05, 3.63) is 58.9 Å². The van der Waals surface area contributed by atoms with Crippen LogP contribution in [0.2, 0.25) is 5.02 Å². The van der Waals surface area contributed by atoms with Crippen LogP contribution in [0.15, 0.2) is 42.7 Å². The van der Waals surface area contributed by atoms with E-state index in [1.807, 2.05) is 43.5 Å². The van der Waals surface area contributed by atoms with Crippen LogP contribution in [0.25, 0.3) is 0 Å². The largest absolute Gasteiger partial charge is 0.377 e. The molecule has 94 valence electrons. The zero-order valence-corrected chi connectivity index (χ0v) is 11.0. The molecule has 0 saturated carbocycles. The molecule has 0 spiro atoms. The minimum absolute atomic E-state index is 0.0542. The third kappa shape index (κ3) is 3.00. The molecule has 2 rings (SSSR count). The standard InChI is InChI=1S/C14H16ClN3/c1-10-7-12(15)4-5-13(10)18-14(8-16)11-3-2-6-17-9-11/h2-7,9,14,18H,8,16H2,1H3. The molecule has 0 amide bonds. The summed E-state index contributed by atoms with van der Waals surface area (Å²) in [5, 5.41) is 4.16. The van der Waals surface area contributed by atoms with Gasteiger partial charge in [0.15, 0.2) is 0 Å². The van der Waals surface area contributed by atoms with Crippen molar-refractivity contribution in [3.63, 3.8) is 0 Å². The minimum atomic E-state index is 0.0542. The molecule has 1 unspecified atom stereocenters. The summed E-state index contributed by atoms with van der Waals surface area (Å²) in [6.45, 7) is 2.53. The molecule has 0 saturated heterocycles. The van der Waals surface area contributed by atoms with E-state index >= 15 is 0 Å². The molecule has 1 aromatic carbocycles. The Balaban J connectivity index is 2.21. The van der Waals surface area contributed by atoms with Crippen LogP contribution in [-0.2, 0) is 0 Å². The molecule has 1 heterocycles. The van der Waals surface area contributed by atoms with Gasteiger partial charge in [0.25, 0.3) is 0 Å². The van der Waals surface area contributed by atoms with Crippen molar-refractivity contribution in [1.29, 1.82) is 0 Å². The average molecular weight is 262 g/mol. The van der Waals surface area contributed by atoms with E-state index < -0.39 is 0 Å². The molecule has 3 N–H and O–H groups in total. The lowest BCUT2D eigenvalue weighted by molar-refractivity contribution is 0.784. The Kier molecular flexibility index (Phi) is 4.18. The predicted octanol–water partition coefficient (Wildman–Crippen LogP) is 3.16. The second-order valence-corrected chi connectivity index (χ2v) is 4.61. The number of hydrogen-bond acceptors (Lipinski definition) is 3. The van der Waals surface area contributed by atoms with Gasteiger partial charge in [0.2, 0.25) is 0 Å². The Morgan fingerprint density at radius 1 is 1.39 bits per heavy atom. The van der Waals surface area contributed by atoms with Gasteiger partial charge in [-0.05, 0) is 42.3 Å². The molecular formula is C14H16ClN3. The molecule has 4 heteroatoms. The maximum atomic E-state index is 5.94. The molecule has 0 bridgehead atoms. The number of aromatic nitrogens is 1. The first-order chi connectivity index (χ1) is 8.70. The van der Waals surface area contributed by atoms with Crippen molar-refractivity contribution < 1.29 is 0 Å². The van der Waals surface area contributed by atoms with Gasteiger partial charge in [0.05, 0.1) is 6.04 Å². The van der Waals surface area contributed by atoms with Crippen molar-refractivity contribution in [3.8, 4) is 0 Å². The van der Waals surface area contributed by atoms with Gasteiger partial charge in [-0.15, -0.1) is 0 Å². The van der Waals surface area contributed by atoms with Gasteiger partial charge in [-0.2, -0.15) is 0 Å². The second-order valence-electron chi connectivity index (χ2n) is 4.18. The van der Waals surface area contributed by atoms with Crippen molar-refractivity contribution in [2.75, 3.05) is 11.9 Å². The average Bonchev–Trinajstić information content (AvgIpc) is 2.39. The summed E-state index contributed by atoms with van der Waals surface area (Å²) in [5.74, 6) is 0. The Morgan fingerprint density at radius 2 is 2.22 bits per heavy atom. The first kappa shape index (κ1) is 12.9. The molecule has 3 nitrogen and oxygen atoms in total. The van der Waals surface area contributed by atoms with Crippen LogP contribution in [0.1, 0.15) is 17.2 Å². The summed E-state index contributed by atoms with van der Waals surface area (Å²) >= 11 is 5.94. The number of nitrogens with zero attached hydrogens (tertiary/aromatic N) is 1. The Hall–Kier alpha value is -1.58. The van der Waals surface area contributed by atoms with Crippen molar-refractivity contribution >= 4 is 17.3 Å². The van der Waals surface area contributed by atoms with Crippen molar-refractivity contribution in [2.45, 2.75) is 13.0 Å². The van der Waals surface area contributed by atoms with Crippen LogP contribution in [0.5, 0.6) is 0 Å². The molecule has 1 atom stereocenters. The first-order valence-electron chi connectivity index (χ1n) is 5.83. The van der Waals surface area contributed by atoms with E-state index in [1.54, 1.807) is 6.20 Å². The van der Waals surface area contributed by atoms with Gasteiger partial charge in [-0.3, -0.25) is 4.98 Å². The topological polar surface area (TPSA) is 50.9 Å². The molecule has 0 radical (unpaired) electrons. The molecule has 0 aliphatic carbocycles. The van der Waals surface area contributed by atoms with E-state index in [9.17, 15) is 0 Å². The van der Waals surface area contributed by atoms with Crippen molar-refractivity contribution in [1.82, 2.24) is 4.98 Å². The van der Waals surface area contributed by atoms with Gasteiger partial charge in [0.1, 0.15) is 0 Å². The van der Waals surface area contributed by atoms with Crippen LogP contribution in [-0.4, -0.2) is 11.5 Å². The summed E-state index contributed by atoms with van der Waals surface area (Å²) in [6, 6.07) is 9.75. The Labute approximate surface area is 112 Å². The maximum absolute atomic E-state index is 5.94. The van der Waals surface area contributed by atoms with E-state index in [-0.39, 0.29) is 6.04 Å². The van der Waals surface area contributed by atoms with Crippen LogP contribution in [0.3, 0.4) is 0 Å². The van der Waals surface area contributed by atoms with Gasteiger partial charge < -0.3 is 11.1 Å². The highest BCUT2D eigenvalue weighted by Crippen LogP contribution is 2.24. The molecule has 0 fully saturated rings. The molecule has 1 aromatic heterocycles. The smallest absolute Gasteiger partial charge is 0.0651 e. The molecule has 0 aliphatic rings. The fourth-order valence-electron chi connectivity index (χ4n) is 1.84. The lowest BCUT2D eigenvalue weighted by Crippen LogP contribution is -2.21. The lowest BCUT2D eigenvalue weighted by Gasteiger charge is -2.19. The maximum Gasteiger partial charge on any atom is 0.0651 e. The normalized spacial score (nSPS) is 12.2. The zero-order valence-electron chi connectivity index (χ0n) is 10.2. The molecule has 0 aliphatic heterocycles. The van der Waals surface area contributed by atoms with E-state index in [4.69, 9.17) is 17.3 Å². The number of anilines is 1. The highest BCUT2D eigenvalue weighted by molar-refractivity contribution is 6.30. The highest BCUT2D eigenvalue weighted by atomic mass is 35.5. The predicted molar refractivity (Wildman–Crippen MR) is 75.8 cm³/mol. The number of nitrogens with two attached hydrogens (primary N) is 1. The van der Waals surface area contributed by atoms with Crippen LogP contribution < -0.4 is 11.1 Å². The quantitative estimate of drug-likeness (QED) is 0.889. The molecule has 2 aromatic rings. The SMILES string of the molecule is Cc1cc(Cl)ccc1NC(CN)c1cccnc1. The number of rotatable bonds is 4. The summed E-state index contributed by atoms with van der Waals surface area (Å²) in [4.78, 5) is 4.12. The summed E-state index contributed by atoms with van der Waals surface area (Å²) in [6.07, 6.45) is 3.58. The summed E-state index contributed by atoms with van der Waals surface area (Å²) in [7, 11) is 0. The summed E-state index contributed by atoms with van der Waals surface area (Å²) < 4.78 is 0. The fourth-order valence-corrected chi connectivity index (χ4v) is 2.06. The van der Waals surface area contributed by atoms with Crippen LogP contribution in [0.4, 0.5) is 5.69 Å². The van der Waals surface area contributed by atoms with E-state index in [1.165, 1.54) is 0 Å². The number of benzene rings is 1. The minimum Gasteiger partial charge on any atom is -0.377 e. The van der Waals surface area contributed by atoms with Gasteiger partial charge in [-0.1, -0.05) is 17.7 Å². The third-order valence-electron chi connectivity index (χ3n) is 2.84. The summed E-state index contributed by atoms with van der Waals surface area (Å²) in [5.41, 5.74) is 9.04. The highest BCUT2D eigenvalue weighted by Gasteiger charge is 2.10. The lowest BCUT2D eigenvalue weighted by atomic mass is 10.1. The van der Waals surface area contributed by atoms with Gasteiger partial charge >= 0.3 is 0 Å². The van der Waals surface area contributed by atoms with E-state index in [0.29, 0.717) is 6.54 Å². The van der Waals surface area contributed by atoms with E-state index in [0.717, 1.165) is 21.8 Å². The molecular weight excluding hydrogens is 246 g/mol. The Morgan fingerprint density at radius 3 is 2.83 bits per heavy atom. The number of hydrogen-bond donors (Lipinski definition) is 2. The van der Waals surface area contributed by atoms with Crippen LogP contribution >= 0.6 is 11.6 Å². The molecule has 18 heavy (non-hydrogen) atoms. The van der Waals surface area contributed by atoms with Crippen molar-refractivity contribution in [2.24, 2.45) is 5.73 Å². The fraction of sp³-hybridized carbons (Fsp3) is 0.214. The second kappa shape index (κ2) is 5.85. The number of nitrogens with one attached hydrogen (secondary N) is 1. The van der Waals surface area contributed by atoms with Gasteiger partial charge in [0, 0.05) is 29.6 Å². The van der Waals surface area contributed by atoms with E-state index in [2.05, 4.69) is 10.3 Å². The first-order valence-corrected chi connectivity index (χ1v) is 6.21. The third-order valence-corrected chi connectivity index (χ3v) is 3.08.